The SMILES string of the molecule is Cc1ccc(-c2cnc3c(N4CC=NC=C4C4CCC4)cc(C(=O)NC(C)c4ncn[nH]4)cn23)s1. The number of aryl methyl sites for hydroxylation is 1. The monoisotopic (exact) mass is 486 g/mol. The van der Waals surface area contributed by atoms with E-state index in [1.807, 2.05) is 42.2 Å². The van der Waals surface area contributed by atoms with Gasteiger partial charge >= 0.3 is 0 Å². The number of aliphatic imine (C=N–C) groups is 1. The van der Waals surface area contributed by atoms with Crippen molar-refractivity contribution in [3.63, 3.8) is 0 Å². The number of aromatic nitrogens is 5. The van der Waals surface area contributed by atoms with E-state index in [2.05, 4.69) is 49.4 Å². The van der Waals surface area contributed by atoms with Gasteiger partial charge in [-0.15, -0.1) is 11.3 Å². The number of rotatable bonds is 6. The second kappa shape index (κ2) is 8.77. The van der Waals surface area contributed by atoms with Crippen molar-refractivity contribution >= 4 is 34.8 Å². The normalized spacial score (nSPS) is 16.9. The van der Waals surface area contributed by atoms with Gasteiger partial charge in [-0.1, -0.05) is 6.42 Å². The van der Waals surface area contributed by atoms with Gasteiger partial charge in [0.1, 0.15) is 12.2 Å². The van der Waals surface area contributed by atoms with Crippen LogP contribution in [0, 0.1) is 12.8 Å². The number of hydrogen-bond donors (Lipinski definition) is 2. The molecule has 1 saturated carbocycles. The lowest BCUT2D eigenvalue weighted by Crippen LogP contribution is -2.34. The molecule has 0 bridgehead atoms. The van der Waals surface area contributed by atoms with E-state index in [9.17, 15) is 4.79 Å². The number of fused-ring (bicyclic) bond motifs is 1. The van der Waals surface area contributed by atoms with Crippen LogP contribution in [0.2, 0.25) is 0 Å². The molecule has 0 radical (unpaired) electrons. The highest BCUT2D eigenvalue weighted by Gasteiger charge is 2.30. The summed E-state index contributed by atoms with van der Waals surface area (Å²) in [6, 6.07) is 5.85. The Labute approximate surface area is 206 Å². The first kappa shape index (κ1) is 21.7. The fraction of sp³-hybridized carbons (Fsp3) is 0.320. The maximum absolute atomic E-state index is 13.4. The van der Waals surface area contributed by atoms with Crippen molar-refractivity contribution in [3.05, 3.63) is 65.1 Å². The summed E-state index contributed by atoms with van der Waals surface area (Å²) in [5, 5.41) is 9.76. The predicted octanol–water partition coefficient (Wildman–Crippen LogP) is 4.51. The van der Waals surface area contributed by atoms with Crippen molar-refractivity contribution < 1.29 is 4.79 Å². The highest BCUT2D eigenvalue weighted by atomic mass is 32.1. The molecular formula is C25H26N8OS. The molecule has 1 amide bonds. The molecule has 0 aromatic carbocycles. The summed E-state index contributed by atoms with van der Waals surface area (Å²) in [5.41, 5.74) is 4.46. The first-order valence-electron chi connectivity index (χ1n) is 11.8. The summed E-state index contributed by atoms with van der Waals surface area (Å²) in [6.07, 6.45) is 12.7. The number of nitrogens with one attached hydrogen (secondary N) is 2. The van der Waals surface area contributed by atoms with Gasteiger partial charge in [0.25, 0.3) is 5.91 Å². The zero-order valence-corrected chi connectivity index (χ0v) is 20.4. The van der Waals surface area contributed by atoms with Gasteiger partial charge in [0.05, 0.1) is 40.6 Å². The highest BCUT2D eigenvalue weighted by Crippen LogP contribution is 2.40. The first-order chi connectivity index (χ1) is 17.1. The van der Waals surface area contributed by atoms with Crippen molar-refractivity contribution in [2.45, 2.75) is 39.2 Å². The van der Waals surface area contributed by atoms with Gasteiger partial charge in [-0.05, 0) is 44.9 Å². The van der Waals surface area contributed by atoms with E-state index in [1.54, 1.807) is 11.3 Å². The van der Waals surface area contributed by atoms with Crippen LogP contribution in [0.5, 0.6) is 0 Å². The van der Waals surface area contributed by atoms with E-state index >= 15 is 0 Å². The Hall–Kier alpha value is -3.79. The number of carbonyl (C=O) groups excluding carboxylic acids is 1. The van der Waals surface area contributed by atoms with Crippen LogP contribution in [0.25, 0.3) is 16.2 Å². The number of hydrogen-bond acceptors (Lipinski definition) is 7. The van der Waals surface area contributed by atoms with Crippen molar-refractivity contribution in [1.29, 1.82) is 0 Å². The largest absolute Gasteiger partial charge is 0.342 e. The minimum atomic E-state index is -0.307. The van der Waals surface area contributed by atoms with Crippen molar-refractivity contribution in [2.75, 3.05) is 11.4 Å². The zero-order valence-electron chi connectivity index (χ0n) is 19.6. The number of imidazole rings is 1. The quantitative estimate of drug-likeness (QED) is 0.417. The van der Waals surface area contributed by atoms with E-state index in [1.165, 1.54) is 23.3 Å². The number of amides is 1. The van der Waals surface area contributed by atoms with Gasteiger partial charge in [0.15, 0.2) is 5.65 Å². The molecule has 1 fully saturated rings. The van der Waals surface area contributed by atoms with Gasteiger partial charge < -0.3 is 10.2 Å². The molecule has 4 aromatic heterocycles. The summed E-state index contributed by atoms with van der Waals surface area (Å²) in [5.74, 6) is 0.921. The molecule has 2 aliphatic rings. The molecule has 178 valence electrons. The second-order valence-electron chi connectivity index (χ2n) is 9.05. The average molecular weight is 487 g/mol. The van der Waals surface area contributed by atoms with Gasteiger partial charge in [-0.2, -0.15) is 5.10 Å². The molecule has 1 aliphatic carbocycles. The number of thiophene rings is 1. The fourth-order valence-corrected chi connectivity index (χ4v) is 5.49. The molecular weight excluding hydrogens is 460 g/mol. The lowest BCUT2D eigenvalue weighted by Gasteiger charge is -2.37. The summed E-state index contributed by atoms with van der Waals surface area (Å²) < 4.78 is 2.04. The van der Waals surface area contributed by atoms with Crippen LogP contribution in [0.3, 0.4) is 0 Å². The molecule has 10 heteroatoms. The van der Waals surface area contributed by atoms with Crippen molar-refractivity contribution in [2.24, 2.45) is 10.9 Å². The Bertz CT molecular complexity index is 1440. The minimum Gasteiger partial charge on any atom is -0.342 e. The Morgan fingerprint density at radius 1 is 1.29 bits per heavy atom. The van der Waals surface area contributed by atoms with E-state index in [0.717, 1.165) is 34.7 Å². The molecule has 1 aliphatic heterocycles. The van der Waals surface area contributed by atoms with Gasteiger partial charge in [0.2, 0.25) is 0 Å². The van der Waals surface area contributed by atoms with Crippen LogP contribution in [-0.4, -0.2) is 43.2 Å². The molecule has 6 rings (SSSR count). The van der Waals surface area contributed by atoms with Gasteiger partial charge in [-0.25, -0.2) is 9.97 Å². The number of anilines is 1. The van der Waals surface area contributed by atoms with E-state index < -0.39 is 0 Å². The summed E-state index contributed by atoms with van der Waals surface area (Å²) in [6.45, 7) is 4.63. The van der Waals surface area contributed by atoms with Gasteiger partial charge in [0, 0.05) is 35.1 Å². The lowest BCUT2D eigenvalue weighted by atomic mass is 9.82. The molecule has 2 N–H and O–H groups in total. The zero-order chi connectivity index (χ0) is 23.9. The Kier molecular flexibility index (Phi) is 5.44. The van der Waals surface area contributed by atoms with Crippen LogP contribution in [0.15, 0.2) is 53.8 Å². The maximum Gasteiger partial charge on any atom is 0.253 e. The average Bonchev–Trinajstić information content (AvgIpc) is 3.58. The molecule has 1 atom stereocenters. The van der Waals surface area contributed by atoms with E-state index in [4.69, 9.17) is 4.98 Å². The topological polar surface area (TPSA) is 104 Å². The summed E-state index contributed by atoms with van der Waals surface area (Å²) >= 11 is 1.72. The maximum atomic E-state index is 13.4. The molecule has 1 unspecified atom stereocenters. The Morgan fingerprint density at radius 2 is 2.17 bits per heavy atom. The predicted molar refractivity (Wildman–Crippen MR) is 137 cm³/mol. The Balaban J connectivity index is 1.45. The molecule has 0 spiro atoms. The molecule has 9 nitrogen and oxygen atoms in total. The number of allylic oxidation sites excluding steroid dienone is 1. The standard InChI is InChI=1S/C25H26N8OS/c1-15-6-7-22(35-15)21-12-27-24-19(32-9-8-26-11-20(32)17-4-3-5-17)10-18(13-33(21)24)25(34)30-16(2)23-28-14-29-31-23/h6-8,10-14,16-17H,3-5,9H2,1-2H3,(H,30,34)(H,28,29,31). The number of aromatic amines is 1. The van der Waals surface area contributed by atoms with E-state index in [-0.39, 0.29) is 11.9 Å². The van der Waals surface area contributed by atoms with Crippen LogP contribution >= 0.6 is 11.3 Å². The number of pyridine rings is 1. The van der Waals surface area contributed by atoms with Crippen LogP contribution in [-0.2, 0) is 0 Å². The summed E-state index contributed by atoms with van der Waals surface area (Å²) in [4.78, 5) is 31.5. The highest BCUT2D eigenvalue weighted by molar-refractivity contribution is 7.15. The van der Waals surface area contributed by atoms with Crippen LogP contribution < -0.4 is 10.2 Å². The number of carbonyl (C=O) groups is 1. The fourth-order valence-electron chi connectivity index (χ4n) is 4.62. The summed E-state index contributed by atoms with van der Waals surface area (Å²) in [7, 11) is 0. The smallest absolute Gasteiger partial charge is 0.253 e. The third-order valence-electron chi connectivity index (χ3n) is 6.74. The lowest BCUT2D eigenvalue weighted by molar-refractivity contribution is 0.0938. The first-order valence-corrected chi connectivity index (χ1v) is 12.6. The third kappa shape index (κ3) is 3.93. The molecule has 5 heterocycles. The number of nitrogens with zero attached hydrogens (tertiary/aromatic N) is 6. The van der Waals surface area contributed by atoms with Crippen LogP contribution in [0.1, 0.15) is 53.3 Å². The molecule has 0 saturated heterocycles. The third-order valence-corrected chi connectivity index (χ3v) is 7.76. The van der Waals surface area contributed by atoms with Gasteiger partial charge in [-0.3, -0.25) is 19.3 Å². The number of H-pyrrole nitrogens is 1. The Morgan fingerprint density at radius 3 is 2.89 bits per heavy atom. The second-order valence-corrected chi connectivity index (χ2v) is 10.3. The van der Waals surface area contributed by atoms with Crippen molar-refractivity contribution in [3.8, 4) is 10.6 Å². The van der Waals surface area contributed by atoms with Crippen LogP contribution in [0.4, 0.5) is 5.69 Å². The van der Waals surface area contributed by atoms with E-state index in [0.29, 0.717) is 23.9 Å². The van der Waals surface area contributed by atoms with Crippen molar-refractivity contribution in [1.82, 2.24) is 29.9 Å². The molecule has 4 aromatic rings. The minimum absolute atomic E-state index is 0.182. The molecule has 35 heavy (non-hydrogen) atoms.